The Labute approximate surface area is 186 Å². The Morgan fingerprint density at radius 1 is 1.25 bits per heavy atom. The minimum absolute atomic E-state index is 0.191. The fourth-order valence-electron chi connectivity index (χ4n) is 3.89. The average Bonchev–Trinajstić information content (AvgIpc) is 3.42. The van der Waals surface area contributed by atoms with Gasteiger partial charge < -0.3 is 19.4 Å². The largest absolute Gasteiger partial charge is 0.465 e. The van der Waals surface area contributed by atoms with Gasteiger partial charge in [-0.05, 0) is 36.4 Å². The highest BCUT2D eigenvalue weighted by molar-refractivity contribution is 5.90. The Bertz CT molecular complexity index is 970. The molecule has 0 aliphatic carbocycles. The topological polar surface area (TPSA) is 78.3 Å². The summed E-state index contributed by atoms with van der Waals surface area (Å²) in [5.41, 5.74) is 0.977. The fourth-order valence-corrected chi connectivity index (χ4v) is 3.89. The number of piperazine rings is 1. The highest BCUT2D eigenvalue weighted by Crippen LogP contribution is 2.28. The molecule has 2 fully saturated rings. The van der Waals surface area contributed by atoms with Crippen molar-refractivity contribution in [1.82, 2.24) is 10.2 Å². The van der Waals surface area contributed by atoms with Crippen LogP contribution in [0.1, 0.15) is 12.7 Å². The number of halogens is 1. The minimum atomic E-state index is -0.538. The first-order chi connectivity index (χ1) is 15.5. The molecule has 0 bridgehead atoms. The summed E-state index contributed by atoms with van der Waals surface area (Å²) in [6.45, 7) is 5.80. The van der Waals surface area contributed by atoms with Crippen LogP contribution in [0, 0.1) is 5.82 Å². The van der Waals surface area contributed by atoms with Crippen molar-refractivity contribution in [2.24, 2.45) is 0 Å². The summed E-state index contributed by atoms with van der Waals surface area (Å²) in [6.07, 6.45) is 4.68. The van der Waals surface area contributed by atoms with Crippen LogP contribution < -0.4 is 15.1 Å². The van der Waals surface area contributed by atoms with Gasteiger partial charge in [0.05, 0.1) is 30.7 Å². The number of carbonyl (C=O) groups excluding carboxylic acids is 2. The highest BCUT2D eigenvalue weighted by atomic mass is 19.1. The summed E-state index contributed by atoms with van der Waals surface area (Å²) in [6, 6.07) is 8.58. The standard InChI is InChI=1S/C23H27FN4O4/c1-17(29)25-15-20-16-28(23(30)32-20)18-6-7-22(21(24)14-18)27-11-9-26(10-12-27)8-2-4-19-5-3-13-31-19/h2-7,13-14,20H,8-12,15-16H2,1H3,(H,25,29)/b4-2+/t20-/m0/s1. The quantitative estimate of drug-likeness (QED) is 0.711. The number of cyclic esters (lactones) is 1. The monoisotopic (exact) mass is 442 g/mol. The molecule has 9 heteroatoms. The van der Waals surface area contributed by atoms with Gasteiger partial charge in [-0.2, -0.15) is 0 Å². The molecule has 2 aliphatic rings. The summed E-state index contributed by atoms with van der Waals surface area (Å²) < 4.78 is 25.5. The van der Waals surface area contributed by atoms with E-state index in [4.69, 9.17) is 9.15 Å². The van der Waals surface area contributed by atoms with Crippen molar-refractivity contribution in [1.29, 1.82) is 0 Å². The molecule has 2 aromatic rings. The predicted octanol–water partition coefficient (Wildman–Crippen LogP) is 2.72. The van der Waals surface area contributed by atoms with E-state index in [9.17, 15) is 14.0 Å². The first-order valence-corrected chi connectivity index (χ1v) is 10.7. The molecule has 1 aromatic carbocycles. The highest BCUT2D eigenvalue weighted by Gasteiger charge is 2.33. The molecule has 2 amide bonds. The molecule has 3 heterocycles. The minimum Gasteiger partial charge on any atom is -0.465 e. The number of nitrogens with zero attached hydrogens (tertiary/aromatic N) is 3. The van der Waals surface area contributed by atoms with Crippen molar-refractivity contribution in [3.8, 4) is 0 Å². The van der Waals surface area contributed by atoms with Crippen LogP contribution >= 0.6 is 0 Å². The van der Waals surface area contributed by atoms with Gasteiger partial charge >= 0.3 is 6.09 Å². The lowest BCUT2D eigenvalue weighted by Crippen LogP contribution is -2.46. The zero-order valence-electron chi connectivity index (χ0n) is 18.0. The van der Waals surface area contributed by atoms with Gasteiger partial charge in [-0.15, -0.1) is 0 Å². The Morgan fingerprint density at radius 2 is 2.06 bits per heavy atom. The zero-order valence-corrected chi connectivity index (χ0v) is 18.0. The van der Waals surface area contributed by atoms with Crippen molar-refractivity contribution in [2.75, 3.05) is 55.6 Å². The molecule has 1 aromatic heterocycles. The van der Waals surface area contributed by atoms with Gasteiger partial charge in [0.15, 0.2) is 0 Å². The summed E-state index contributed by atoms with van der Waals surface area (Å²) in [5.74, 6) is 0.268. The van der Waals surface area contributed by atoms with Gasteiger partial charge in [-0.25, -0.2) is 9.18 Å². The van der Waals surface area contributed by atoms with E-state index in [2.05, 4.69) is 16.3 Å². The summed E-state index contributed by atoms with van der Waals surface area (Å²) >= 11 is 0. The molecule has 1 atom stereocenters. The molecule has 2 saturated heterocycles. The molecule has 0 unspecified atom stereocenters. The lowest BCUT2D eigenvalue weighted by Gasteiger charge is -2.35. The maximum atomic E-state index is 14.9. The lowest BCUT2D eigenvalue weighted by molar-refractivity contribution is -0.119. The van der Waals surface area contributed by atoms with Gasteiger partial charge in [0.2, 0.25) is 5.91 Å². The van der Waals surface area contributed by atoms with Crippen LogP contribution in [0.2, 0.25) is 0 Å². The number of furan rings is 1. The van der Waals surface area contributed by atoms with E-state index in [1.54, 1.807) is 18.4 Å². The molecule has 0 saturated carbocycles. The SMILES string of the molecule is CC(=O)NC[C@H]1CN(c2ccc(N3CCN(C/C=C/c4ccco4)CC3)c(F)c2)C(=O)O1. The zero-order chi connectivity index (χ0) is 22.5. The van der Waals surface area contributed by atoms with E-state index < -0.39 is 12.2 Å². The van der Waals surface area contributed by atoms with E-state index >= 15 is 0 Å². The van der Waals surface area contributed by atoms with Crippen molar-refractivity contribution in [3.05, 3.63) is 54.2 Å². The number of benzene rings is 1. The smallest absolute Gasteiger partial charge is 0.414 e. The third kappa shape index (κ3) is 5.28. The first-order valence-electron chi connectivity index (χ1n) is 10.7. The molecular formula is C23H27FN4O4. The Morgan fingerprint density at radius 3 is 2.75 bits per heavy atom. The van der Waals surface area contributed by atoms with E-state index in [0.717, 1.165) is 38.5 Å². The van der Waals surface area contributed by atoms with Crippen LogP contribution in [-0.2, 0) is 9.53 Å². The third-order valence-corrected chi connectivity index (χ3v) is 5.60. The van der Waals surface area contributed by atoms with Crippen LogP contribution in [0.25, 0.3) is 6.08 Å². The molecule has 2 aliphatic heterocycles. The molecule has 8 nitrogen and oxygen atoms in total. The van der Waals surface area contributed by atoms with Crippen LogP contribution in [0.5, 0.6) is 0 Å². The molecule has 4 rings (SSSR count). The number of rotatable bonds is 7. The second-order valence-corrected chi connectivity index (χ2v) is 7.89. The van der Waals surface area contributed by atoms with Crippen molar-refractivity contribution >= 4 is 29.5 Å². The molecule has 170 valence electrons. The number of hydrogen-bond acceptors (Lipinski definition) is 6. The molecule has 0 spiro atoms. The van der Waals surface area contributed by atoms with Gasteiger partial charge in [-0.1, -0.05) is 6.08 Å². The molecule has 32 heavy (non-hydrogen) atoms. The van der Waals surface area contributed by atoms with Crippen molar-refractivity contribution in [2.45, 2.75) is 13.0 Å². The second kappa shape index (κ2) is 9.86. The summed E-state index contributed by atoms with van der Waals surface area (Å²) in [7, 11) is 0. The first kappa shape index (κ1) is 21.9. The van der Waals surface area contributed by atoms with Gasteiger partial charge in [0.25, 0.3) is 0 Å². The van der Waals surface area contributed by atoms with Crippen LogP contribution in [0.3, 0.4) is 0 Å². The predicted molar refractivity (Wildman–Crippen MR) is 119 cm³/mol. The fraction of sp³-hybridized carbons (Fsp3) is 0.391. The normalized spacial score (nSPS) is 19.6. The van der Waals surface area contributed by atoms with Gasteiger partial charge in [0.1, 0.15) is 17.7 Å². The Hall–Kier alpha value is -3.33. The van der Waals surface area contributed by atoms with Gasteiger partial charge in [-0.3, -0.25) is 14.6 Å². The van der Waals surface area contributed by atoms with Crippen LogP contribution in [-0.4, -0.2) is 68.8 Å². The van der Waals surface area contributed by atoms with E-state index in [0.29, 0.717) is 11.4 Å². The average molecular weight is 442 g/mol. The number of nitrogens with one attached hydrogen (secondary N) is 1. The summed E-state index contributed by atoms with van der Waals surface area (Å²) in [4.78, 5) is 28.9. The number of anilines is 2. The van der Waals surface area contributed by atoms with E-state index in [1.807, 2.05) is 23.1 Å². The van der Waals surface area contributed by atoms with Crippen LogP contribution in [0.4, 0.5) is 20.6 Å². The maximum Gasteiger partial charge on any atom is 0.414 e. The second-order valence-electron chi connectivity index (χ2n) is 7.89. The number of carbonyl (C=O) groups is 2. The van der Waals surface area contributed by atoms with Gasteiger partial charge in [0, 0.05) is 39.6 Å². The van der Waals surface area contributed by atoms with Crippen molar-refractivity contribution in [3.63, 3.8) is 0 Å². The molecule has 0 radical (unpaired) electrons. The summed E-state index contributed by atoms with van der Waals surface area (Å²) in [5, 5.41) is 2.63. The lowest BCUT2D eigenvalue weighted by atomic mass is 10.2. The maximum absolute atomic E-state index is 14.9. The van der Waals surface area contributed by atoms with Crippen molar-refractivity contribution < 1.29 is 23.1 Å². The molecule has 1 N–H and O–H groups in total. The third-order valence-electron chi connectivity index (χ3n) is 5.60. The Balaban J connectivity index is 1.31. The number of amides is 2. The van der Waals surface area contributed by atoms with Crippen LogP contribution in [0.15, 0.2) is 47.1 Å². The number of ether oxygens (including phenoxy) is 1. The van der Waals surface area contributed by atoms with E-state index in [-0.39, 0.29) is 24.8 Å². The molecular weight excluding hydrogens is 415 g/mol. The van der Waals surface area contributed by atoms with E-state index in [1.165, 1.54) is 17.9 Å². The number of hydrogen-bond donors (Lipinski definition) is 1. The Kier molecular flexibility index (Phi) is 6.75.